The van der Waals surface area contributed by atoms with E-state index < -0.39 is 0 Å². The third-order valence-electron chi connectivity index (χ3n) is 9.73. The zero-order chi connectivity index (χ0) is 35.8. The van der Waals surface area contributed by atoms with Crippen molar-refractivity contribution in [3.8, 4) is 44.5 Å². The number of rotatable bonds is 4. The molecule has 0 aliphatic rings. The quantitative estimate of drug-likeness (QED) is 0.177. The van der Waals surface area contributed by atoms with Crippen LogP contribution in [0.4, 0.5) is 0 Å². The van der Waals surface area contributed by atoms with Gasteiger partial charge in [0, 0.05) is 10.8 Å². The number of hydrogen-bond donors (Lipinski definition) is 0. The largest absolute Gasteiger partial charge is 0.456 e. The molecule has 0 spiro atoms. The highest BCUT2D eigenvalue weighted by Gasteiger charge is 2.17. The summed E-state index contributed by atoms with van der Waals surface area (Å²) >= 11 is 0. The second kappa shape index (κ2) is 11.1. The molecular weight excluding hydrogens is 593 g/mol. The molecule has 0 saturated heterocycles. The van der Waals surface area contributed by atoms with Crippen LogP contribution in [0.5, 0.6) is 0 Å². The Morgan fingerprint density at radius 2 is 0.898 bits per heavy atom. The van der Waals surface area contributed by atoms with Gasteiger partial charge in [-0.25, -0.2) is 0 Å². The van der Waals surface area contributed by atoms with Crippen molar-refractivity contribution >= 4 is 54.3 Å². The van der Waals surface area contributed by atoms with Gasteiger partial charge in [0.15, 0.2) is 0 Å². The molecular formula is C48H30O. The molecule has 0 unspecified atom stereocenters. The maximum absolute atomic E-state index is 9.43. The monoisotopic (exact) mass is 626 g/mol. The topological polar surface area (TPSA) is 13.1 Å². The predicted octanol–water partition coefficient (Wildman–Crippen LogP) is 13.7. The lowest BCUT2D eigenvalue weighted by molar-refractivity contribution is 0.669. The van der Waals surface area contributed by atoms with E-state index in [2.05, 4.69) is 78.9 Å². The average molecular weight is 627 g/mol. The molecule has 9 aromatic carbocycles. The van der Waals surface area contributed by atoms with E-state index >= 15 is 0 Å². The van der Waals surface area contributed by atoms with E-state index in [1.54, 1.807) is 0 Å². The highest BCUT2D eigenvalue weighted by Crippen LogP contribution is 2.44. The van der Waals surface area contributed by atoms with Gasteiger partial charge >= 0.3 is 0 Å². The van der Waals surface area contributed by atoms with Crippen LogP contribution in [0.3, 0.4) is 0 Å². The van der Waals surface area contributed by atoms with Crippen molar-refractivity contribution in [1.82, 2.24) is 0 Å². The van der Waals surface area contributed by atoms with Gasteiger partial charge in [0.25, 0.3) is 0 Å². The van der Waals surface area contributed by atoms with E-state index in [4.69, 9.17) is 4.42 Å². The molecule has 0 fully saturated rings. The summed E-state index contributed by atoms with van der Waals surface area (Å²) in [4.78, 5) is 0. The lowest BCUT2D eigenvalue weighted by Gasteiger charge is -2.18. The minimum absolute atomic E-state index is 0.0757. The molecule has 1 nitrogen and oxygen atoms in total. The number of benzene rings is 9. The SMILES string of the molecule is [2H]c1c([2H])c(-c2c3ccccc3c(-c3ccccc3)c3ccccc23)c([2H])c([2H])c1-c1ccc2c(c1)oc1ccc(-c3cccc4ccccc34)cc12. The third-order valence-corrected chi connectivity index (χ3v) is 9.73. The summed E-state index contributed by atoms with van der Waals surface area (Å²) < 4.78 is 43.9. The molecule has 0 N–H and O–H groups in total. The van der Waals surface area contributed by atoms with Crippen molar-refractivity contribution in [2.45, 2.75) is 0 Å². The van der Waals surface area contributed by atoms with Gasteiger partial charge < -0.3 is 4.42 Å². The van der Waals surface area contributed by atoms with Crippen LogP contribution in [0.2, 0.25) is 0 Å². The average Bonchev–Trinajstić information content (AvgIpc) is 3.57. The van der Waals surface area contributed by atoms with E-state index in [0.717, 1.165) is 60.2 Å². The molecule has 1 heterocycles. The van der Waals surface area contributed by atoms with Crippen LogP contribution in [0.1, 0.15) is 5.48 Å². The fraction of sp³-hybridized carbons (Fsp3) is 0. The van der Waals surface area contributed by atoms with Crippen molar-refractivity contribution in [2.24, 2.45) is 0 Å². The Balaban J connectivity index is 1.15. The summed E-state index contributed by atoms with van der Waals surface area (Å²) in [6.45, 7) is 0. The van der Waals surface area contributed by atoms with Crippen LogP contribution in [0.25, 0.3) is 98.8 Å². The smallest absolute Gasteiger partial charge is 0.136 e. The lowest BCUT2D eigenvalue weighted by atomic mass is 9.86. The minimum Gasteiger partial charge on any atom is -0.456 e. The van der Waals surface area contributed by atoms with E-state index in [-0.39, 0.29) is 29.7 Å². The van der Waals surface area contributed by atoms with Crippen molar-refractivity contribution in [1.29, 1.82) is 0 Å². The van der Waals surface area contributed by atoms with Gasteiger partial charge in [-0.1, -0.05) is 158 Å². The van der Waals surface area contributed by atoms with Crippen LogP contribution >= 0.6 is 0 Å². The number of hydrogen-bond acceptors (Lipinski definition) is 1. The summed E-state index contributed by atoms with van der Waals surface area (Å²) in [5, 5.41) is 8.02. The predicted molar refractivity (Wildman–Crippen MR) is 208 cm³/mol. The molecule has 0 bridgehead atoms. The first-order chi connectivity index (χ1) is 26.0. The van der Waals surface area contributed by atoms with Crippen LogP contribution < -0.4 is 0 Å². The molecule has 0 radical (unpaired) electrons. The fourth-order valence-electron chi connectivity index (χ4n) is 7.47. The third kappa shape index (κ3) is 4.47. The Kier molecular flexibility index (Phi) is 5.38. The molecule has 49 heavy (non-hydrogen) atoms. The maximum atomic E-state index is 9.43. The van der Waals surface area contributed by atoms with E-state index in [1.165, 1.54) is 10.8 Å². The molecule has 10 aromatic rings. The minimum atomic E-state index is -0.0880. The molecule has 0 aliphatic heterocycles. The second-order valence-electron chi connectivity index (χ2n) is 12.5. The summed E-state index contributed by atoms with van der Waals surface area (Å²) in [7, 11) is 0. The van der Waals surface area contributed by atoms with E-state index in [9.17, 15) is 5.48 Å². The molecule has 0 atom stereocenters. The zero-order valence-corrected chi connectivity index (χ0v) is 26.4. The molecule has 0 aliphatic carbocycles. The Labute approximate surface area is 289 Å². The number of fused-ring (bicyclic) bond motifs is 6. The maximum Gasteiger partial charge on any atom is 0.136 e. The van der Waals surface area contributed by atoms with E-state index in [1.807, 2.05) is 78.9 Å². The Morgan fingerprint density at radius 1 is 0.327 bits per heavy atom. The number of furan rings is 1. The first-order valence-electron chi connectivity index (χ1n) is 18.5. The standard InChI is InChI=1S/C48H30O/c1-2-12-33(13-3-1)47-40-16-6-8-18-42(40)48(43-19-9-7-17-41(43)47)34-23-21-31(22-24-34)35-25-27-39-44-29-36(26-28-45(44)49-46(39)30-35)38-20-10-14-32-11-4-5-15-37(32)38/h1-30H/i21D,22D,23D,24D. The molecule has 1 heteroatoms. The van der Waals surface area contributed by atoms with Crippen LogP contribution in [0.15, 0.2) is 186 Å². The van der Waals surface area contributed by atoms with Crippen LogP contribution in [0, 0.1) is 0 Å². The lowest BCUT2D eigenvalue weighted by Crippen LogP contribution is -1.90. The zero-order valence-electron chi connectivity index (χ0n) is 30.4. The van der Waals surface area contributed by atoms with Gasteiger partial charge in [0.05, 0.1) is 5.48 Å². The Morgan fingerprint density at radius 3 is 1.61 bits per heavy atom. The normalized spacial score (nSPS) is 12.8. The van der Waals surface area contributed by atoms with Gasteiger partial charge in [0.2, 0.25) is 0 Å². The molecule has 10 rings (SSSR count). The summed E-state index contributed by atoms with van der Waals surface area (Å²) in [6, 6.07) is 52.7. The first-order valence-corrected chi connectivity index (χ1v) is 16.5. The van der Waals surface area contributed by atoms with Gasteiger partial charge in [-0.3, -0.25) is 0 Å². The molecule has 0 amide bonds. The van der Waals surface area contributed by atoms with Gasteiger partial charge in [-0.15, -0.1) is 0 Å². The van der Waals surface area contributed by atoms with Gasteiger partial charge in [0.1, 0.15) is 11.2 Å². The first kappa shape index (κ1) is 23.8. The summed E-state index contributed by atoms with van der Waals surface area (Å²) in [5.41, 5.74) is 7.58. The highest BCUT2D eigenvalue weighted by molar-refractivity contribution is 6.21. The highest BCUT2D eigenvalue weighted by atomic mass is 16.3. The summed E-state index contributed by atoms with van der Waals surface area (Å²) in [5.74, 6) is 0. The molecule has 228 valence electrons. The Bertz CT molecular complexity index is 3020. The van der Waals surface area contributed by atoms with E-state index in [0.29, 0.717) is 22.3 Å². The van der Waals surface area contributed by atoms with Gasteiger partial charge in [-0.2, -0.15) is 0 Å². The van der Waals surface area contributed by atoms with Crippen LogP contribution in [-0.2, 0) is 0 Å². The van der Waals surface area contributed by atoms with Crippen molar-refractivity contribution in [3.05, 3.63) is 182 Å². The fourth-order valence-corrected chi connectivity index (χ4v) is 7.47. The molecule has 1 aromatic heterocycles. The van der Waals surface area contributed by atoms with Crippen molar-refractivity contribution < 1.29 is 9.90 Å². The Hall–Kier alpha value is -6.44. The van der Waals surface area contributed by atoms with Crippen molar-refractivity contribution in [3.63, 3.8) is 0 Å². The van der Waals surface area contributed by atoms with Crippen molar-refractivity contribution in [2.75, 3.05) is 0 Å². The summed E-state index contributed by atoms with van der Waals surface area (Å²) in [6.07, 6.45) is 0. The van der Waals surface area contributed by atoms with Crippen LogP contribution in [-0.4, -0.2) is 0 Å². The van der Waals surface area contributed by atoms with Gasteiger partial charge in [-0.05, 0) is 101 Å². The second-order valence-corrected chi connectivity index (χ2v) is 12.5. The molecule has 0 saturated carbocycles.